The fourth-order valence-corrected chi connectivity index (χ4v) is 4.70. The van der Waals surface area contributed by atoms with Gasteiger partial charge in [0, 0.05) is 5.02 Å². The summed E-state index contributed by atoms with van der Waals surface area (Å²) < 4.78 is 34.1. The molecule has 0 aliphatic carbocycles. The highest BCUT2D eigenvalue weighted by Gasteiger charge is 2.20. The van der Waals surface area contributed by atoms with Gasteiger partial charge in [0.2, 0.25) is 19.3 Å². The number of sulfone groups is 1. The molecular weight excluding hydrogens is 516 g/mol. The minimum atomic E-state index is -3.57. The third-order valence-corrected chi connectivity index (χ3v) is 7.69. The second-order valence-electron chi connectivity index (χ2n) is 6.71. The molecule has 0 saturated carbocycles. The Labute approximate surface area is 209 Å². The van der Waals surface area contributed by atoms with Crippen molar-refractivity contribution in [3.8, 4) is 17.6 Å². The van der Waals surface area contributed by atoms with Crippen molar-refractivity contribution in [2.45, 2.75) is 11.3 Å². The quantitative estimate of drug-likeness (QED) is 0.150. The van der Waals surface area contributed by atoms with Crippen LogP contribution in [0.5, 0.6) is 11.5 Å². The van der Waals surface area contributed by atoms with Crippen molar-refractivity contribution in [3.63, 3.8) is 0 Å². The molecule has 0 saturated heterocycles. The van der Waals surface area contributed by atoms with Gasteiger partial charge in [0.15, 0.2) is 11.5 Å². The van der Waals surface area contributed by atoms with E-state index in [1.165, 1.54) is 50.4 Å². The number of ether oxygens (including phenoxy) is 2. The van der Waals surface area contributed by atoms with Gasteiger partial charge in [-0.2, -0.15) is 5.26 Å². The van der Waals surface area contributed by atoms with Gasteiger partial charge in [-0.3, -0.25) is 10.1 Å². The summed E-state index contributed by atoms with van der Waals surface area (Å²) in [7, 11) is -2.20. The van der Waals surface area contributed by atoms with Gasteiger partial charge in [0.1, 0.15) is 11.6 Å². The Kier molecular flexibility index (Phi) is 8.18. The van der Waals surface area contributed by atoms with E-state index in [0.717, 1.165) is 0 Å². The highest BCUT2D eigenvalue weighted by Crippen LogP contribution is 2.30. The first kappa shape index (κ1) is 25.8. The summed E-state index contributed by atoms with van der Waals surface area (Å²) in [5, 5.41) is 19.4. The first-order chi connectivity index (χ1) is 16.7. The number of halogens is 1. The van der Waals surface area contributed by atoms with Crippen LogP contribution in [0.1, 0.15) is 22.8 Å². The number of carbonyl (C=O) groups excluding carboxylic acids is 2. The first-order valence-corrected chi connectivity index (χ1v) is 12.7. The number of anilines is 1. The number of aromatic nitrogens is 2. The van der Waals surface area contributed by atoms with Crippen molar-refractivity contribution >= 4 is 55.9 Å². The topological polar surface area (TPSA) is 148 Å². The van der Waals surface area contributed by atoms with Gasteiger partial charge in [-0.25, -0.2) is 13.2 Å². The molecule has 3 rings (SSSR count). The van der Waals surface area contributed by atoms with E-state index in [0.29, 0.717) is 21.9 Å². The number of carbonyl (C=O) groups is 2. The van der Waals surface area contributed by atoms with E-state index in [1.807, 2.05) is 0 Å². The number of esters is 1. The number of hydrogen-bond donors (Lipinski definition) is 1. The Bertz CT molecular complexity index is 1440. The van der Waals surface area contributed by atoms with E-state index in [2.05, 4.69) is 15.5 Å². The van der Waals surface area contributed by atoms with Crippen molar-refractivity contribution in [2.24, 2.45) is 0 Å². The van der Waals surface area contributed by atoms with Crippen molar-refractivity contribution in [2.75, 3.05) is 18.2 Å². The number of benzene rings is 2. The third-order valence-electron chi connectivity index (χ3n) is 4.42. The number of methoxy groups -OCH3 is 1. The summed E-state index contributed by atoms with van der Waals surface area (Å²) in [4.78, 5) is 24.9. The molecule has 0 aliphatic heterocycles. The van der Waals surface area contributed by atoms with Crippen LogP contribution in [0.15, 0.2) is 52.4 Å². The van der Waals surface area contributed by atoms with Gasteiger partial charge in [-0.15, -0.1) is 10.2 Å². The number of nitriles is 1. The lowest BCUT2D eigenvalue weighted by Crippen LogP contribution is -2.13. The normalized spacial score (nSPS) is 11.4. The molecule has 1 aromatic heterocycles. The Morgan fingerprint density at radius 3 is 2.51 bits per heavy atom. The van der Waals surface area contributed by atoms with Crippen molar-refractivity contribution < 1.29 is 27.5 Å². The van der Waals surface area contributed by atoms with E-state index < -0.39 is 21.7 Å². The summed E-state index contributed by atoms with van der Waals surface area (Å²) in [5.74, 6) is -1.27. The second-order valence-corrected chi connectivity index (χ2v) is 10.6. The predicted octanol–water partition coefficient (Wildman–Crippen LogP) is 3.76. The zero-order valence-electron chi connectivity index (χ0n) is 18.3. The van der Waals surface area contributed by atoms with Gasteiger partial charge in [-0.1, -0.05) is 35.9 Å². The molecule has 13 heteroatoms. The van der Waals surface area contributed by atoms with Gasteiger partial charge < -0.3 is 9.47 Å². The molecule has 0 unspecified atom stereocenters. The molecule has 0 bridgehead atoms. The fraction of sp³-hybridized carbons (Fsp3) is 0.136. The molecule has 35 heavy (non-hydrogen) atoms. The molecule has 3 aromatic rings. The maximum absolute atomic E-state index is 12.5. The maximum atomic E-state index is 12.5. The van der Waals surface area contributed by atoms with Crippen LogP contribution in [0.25, 0.3) is 6.08 Å². The molecule has 1 N–H and O–H groups in total. The van der Waals surface area contributed by atoms with Crippen LogP contribution in [0.3, 0.4) is 0 Å². The highest BCUT2D eigenvalue weighted by molar-refractivity contribution is 7.93. The minimum absolute atomic E-state index is 0.0646. The number of hydrogen-bond acceptors (Lipinski definition) is 10. The van der Waals surface area contributed by atoms with Gasteiger partial charge in [0.25, 0.3) is 5.91 Å². The monoisotopic (exact) mass is 532 g/mol. The number of amides is 1. The minimum Gasteiger partial charge on any atom is -0.493 e. The van der Waals surface area contributed by atoms with Crippen LogP contribution >= 0.6 is 22.9 Å². The lowest BCUT2D eigenvalue weighted by atomic mass is 10.1. The van der Waals surface area contributed by atoms with Crippen LogP contribution in [0.4, 0.5) is 5.13 Å². The van der Waals surface area contributed by atoms with Crippen molar-refractivity contribution in [1.82, 2.24) is 10.2 Å². The van der Waals surface area contributed by atoms with Crippen molar-refractivity contribution in [3.05, 3.63) is 64.2 Å². The summed E-state index contributed by atoms with van der Waals surface area (Å²) >= 11 is 6.51. The zero-order chi connectivity index (χ0) is 25.6. The molecule has 1 heterocycles. The Morgan fingerprint density at radius 1 is 1.17 bits per heavy atom. The average molecular weight is 533 g/mol. The molecule has 10 nitrogen and oxygen atoms in total. The van der Waals surface area contributed by atoms with Gasteiger partial charge in [-0.05, 0) is 48.0 Å². The second kappa shape index (κ2) is 11.1. The number of nitrogens with one attached hydrogen (secondary N) is 1. The van der Waals surface area contributed by atoms with E-state index in [9.17, 15) is 23.3 Å². The zero-order valence-corrected chi connectivity index (χ0v) is 20.7. The summed E-state index contributed by atoms with van der Waals surface area (Å²) in [6.07, 6.45) is 1.29. The molecule has 1 amide bonds. The fourth-order valence-electron chi connectivity index (χ4n) is 2.59. The number of nitrogens with zero attached hydrogens (tertiary/aromatic N) is 3. The van der Waals surface area contributed by atoms with E-state index in [1.54, 1.807) is 18.2 Å². The maximum Gasteiger partial charge on any atom is 0.343 e. The summed E-state index contributed by atoms with van der Waals surface area (Å²) in [6.45, 7) is 1.46. The molecule has 2 aromatic carbocycles. The lowest BCUT2D eigenvalue weighted by Gasteiger charge is -2.10. The predicted molar refractivity (Wildman–Crippen MR) is 129 cm³/mol. The summed E-state index contributed by atoms with van der Waals surface area (Å²) in [5.41, 5.74) is 0.412. The molecule has 0 atom stereocenters. The lowest BCUT2D eigenvalue weighted by molar-refractivity contribution is -0.112. The molecule has 180 valence electrons. The van der Waals surface area contributed by atoms with E-state index in [-0.39, 0.29) is 37.9 Å². The molecule has 0 spiro atoms. The van der Waals surface area contributed by atoms with Crippen molar-refractivity contribution in [1.29, 1.82) is 5.26 Å². The van der Waals surface area contributed by atoms with Crippen LogP contribution in [0.2, 0.25) is 5.02 Å². The van der Waals surface area contributed by atoms with Crippen LogP contribution in [-0.2, 0) is 14.6 Å². The van der Waals surface area contributed by atoms with Crippen LogP contribution in [0, 0.1) is 11.3 Å². The molecule has 0 radical (unpaired) electrons. The van der Waals surface area contributed by atoms with Crippen LogP contribution in [-0.4, -0.2) is 43.4 Å². The Balaban J connectivity index is 1.78. The van der Waals surface area contributed by atoms with Crippen LogP contribution < -0.4 is 14.8 Å². The Morgan fingerprint density at radius 2 is 1.89 bits per heavy atom. The largest absolute Gasteiger partial charge is 0.493 e. The smallest absolute Gasteiger partial charge is 0.343 e. The van der Waals surface area contributed by atoms with E-state index in [4.69, 9.17) is 21.1 Å². The number of rotatable bonds is 8. The third kappa shape index (κ3) is 6.42. The SMILES string of the molecule is CCS(=O)(=O)c1nnc(NC(=O)/C(C#N)=C\c2ccc(OC(=O)c3ccc(Cl)cc3)c(OC)c2)s1. The first-order valence-electron chi connectivity index (χ1n) is 9.82. The molecule has 0 fully saturated rings. The average Bonchev–Trinajstić information content (AvgIpc) is 3.32. The van der Waals surface area contributed by atoms with Gasteiger partial charge in [0.05, 0.1) is 18.4 Å². The van der Waals surface area contributed by atoms with E-state index >= 15 is 0 Å². The van der Waals surface area contributed by atoms with Gasteiger partial charge >= 0.3 is 5.97 Å². The molecular formula is C22H17ClN4O6S2. The Hall–Kier alpha value is -3.79. The highest BCUT2D eigenvalue weighted by atomic mass is 35.5. The molecule has 0 aliphatic rings. The summed E-state index contributed by atoms with van der Waals surface area (Å²) in [6, 6.07) is 12.4. The standard InChI is InChI=1S/C22H17ClN4O6S2/c1-3-35(30,31)22-27-26-21(34-22)25-19(28)15(12-24)10-13-4-9-17(18(11-13)32-2)33-20(29)14-5-7-16(23)8-6-14/h4-11H,3H2,1-2H3,(H,25,26,28)/b15-10-.